The maximum atomic E-state index is 12.8. The third-order valence-electron chi connectivity index (χ3n) is 5.63. The Morgan fingerprint density at radius 1 is 1.19 bits per heavy atom. The highest BCUT2D eigenvalue weighted by Gasteiger charge is 2.53. The molecule has 1 aromatic rings. The molecule has 0 aliphatic carbocycles. The number of unbranched alkanes of at least 4 members (excludes halogenated alkanes) is 1. The number of carbonyl (C=O) groups is 1. The summed E-state index contributed by atoms with van der Waals surface area (Å²) in [5.41, 5.74) is 2.34. The lowest BCUT2D eigenvalue weighted by Crippen LogP contribution is -2.41. The van der Waals surface area contributed by atoms with Crippen LogP contribution in [0.15, 0.2) is 23.7 Å². The van der Waals surface area contributed by atoms with Crippen molar-refractivity contribution >= 4 is 24.3 Å². The van der Waals surface area contributed by atoms with Crippen molar-refractivity contribution in [1.82, 2.24) is 0 Å². The van der Waals surface area contributed by atoms with Crippen LogP contribution in [-0.2, 0) is 14.1 Å². The van der Waals surface area contributed by atoms with E-state index in [1.807, 2.05) is 45.9 Å². The summed E-state index contributed by atoms with van der Waals surface area (Å²) < 4.78 is 17.9. The Kier molecular flexibility index (Phi) is 4.93. The molecule has 1 N–H and O–H groups in total. The number of nitrogens with one attached hydrogen (secondary N) is 1. The van der Waals surface area contributed by atoms with Crippen LogP contribution in [0.5, 0.6) is 5.75 Å². The first-order valence-electron chi connectivity index (χ1n) is 9.28. The van der Waals surface area contributed by atoms with Gasteiger partial charge in [0.25, 0.3) is 5.91 Å². The molecule has 0 atom stereocenters. The maximum absolute atomic E-state index is 12.8. The monoisotopic (exact) mass is 357 g/mol. The SMILES string of the molecule is CCCC/C(B1OC(C)(C)C(C)(C)O1)=C1/C(=O)Nc2ccc(OC)cc21. The van der Waals surface area contributed by atoms with E-state index in [1.54, 1.807) is 7.11 Å². The lowest BCUT2D eigenvalue weighted by molar-refractivity contribution is -0.110. The van der Waals surface area contributed by atoms with Gasteiger partial charge < -0.3 is 19.4 Å². The van der Waals surface area contributed by atoms with Crippen molar-refractivity contribution in [3.05, 3.63) is 29.2 Å². The number of amides is 1. The van der Waals surface area contributed by atoms with Crippen molar-refractivity contribution < 1.29 is 18.8 Å². The molecule has 0 spiro atoms. The van der Waals surface area contributed by atoms with E-state index in [9.17, 15) is 4.79 Å². The summed E-state index contributed by atoms with van der Waals surface area (Å²) in [7, 11) is 1.10. The minimum absolute atomic E-state index is 0.103. The van der Waals surface area contributed by atoms with Gasteiger partial charge in [-0.05, 0) is 57.8 Å². The number of methoxy groups -OCH3 is 1. The van der Waals surface area contributed by atoms with Gasteiger partial charge in [0.15, 0.2) is 0 Å². The average Bonchev–Trinajstić information content (AvgIpc) is 3.00. The normalized spacial score (nSPS) is 22.2. The van der Waals surface area contributed by atoms with Gasteiger partial charge in [0, 0.05) is 16.8 Å². The molecule has 0 saturated carbocycles. The highest BCUT2D eigenvalue weighted by atomic mass is 16.7. The lowest BCUT2D eigenvalue weighted by atomic mass is 9.71. The van der Waals surface area contributed by atoms with Crippen LogP contribution in [0.1, 0.15) is 59.4 Å². The minimum atomic E-state index is -0.524. The van der Waals surface area contributed by atoms with Crippen LogP contribution in [0.3, 0.4) is 0 Å². The zero-order chi connectivity index (χ0) is 19.1. The summed E-state index contributed by atoms with van der Waals surface area (Å²) in [5, 5.41) is 2.96. The molecule has 140 valence electrons. The number of hydrogen-bond acceptors (Lipinski definition) is 4. The summed E-state index contributed by atoms with van der Waals surface area (Å²) in [5.74, 6) is 0.621. The van der Waals surface area contributed by atoms with E-state index in [4.69, 9.17) is 14.0 Å². The van der Waals surface area contributed by atoms with Gasteiger partial charge in [-0.25, -0.2) is 0 Å². The molecule has 1 amide bonds. The summed E-state index contributed by atoms with van der Waals surface area (Å²) in [6.07, 6.45) is 2.76. The summed E-state index contributed by atoms with van der Waals surface area (Å²) in [6, 6.07) is 5.63. The van der Waals surface area contributed by atoms with Gasteiger partial charge in [-0.15, -0.1) is 0 Å². The van der Waals surface area contributed by atoms with E-state index in [2.05, 4.69) is 12.2 Å². The number of hydrogen-bond donors (Lipinski definition) is 1. The van der Waals surface area contributed by atoms with E-state index in [0.29, 0.717) is 5.57 Å². The van der Waals surface area contributed by atoms with Crippen molar-refractivity contribution in [2.45, 2.75) is 65.1 Å². The molecule has 2 heterocycles. The van der Waals surface area contributed by atoms with Crippen LogP contribution in [0, 0.1) is 0 Å². The molecule has 2 aliphatic rings. The second-order valence-electron chi connectivity index (χ2n) is 7.96. The molecular formula is C20H28BNO4. The molecule has 6 heteroatoms. The van der Waals surface area contributed by atoms with E-state index in [-0.39, 0.29) is 5.91 Å². The predicted octanol–water partition coefficient (Wildman–Crippen LogP) is 4.22. The molecule has 0 unspecified atom stereocenters. The van der Waals surface area contributed by atoms with Crippen molar-refractivity contribution in [1.29, 1.82) is 0 Å². The molecule has 1 fully saturated rings. The number of carbonyl (C=O) groups excluding carboxylic acids is 1. The molecule has 26 heavy (non-hydrogen) atoms. The fourth-order valence-electron chi connectivity index (χ4n) is 3.31. The quantitative estimate of drug-likeness (QED) is 0.633. The van der Waals surface area contributed by atoms with E-state index >= 15 is 0 Å². The molecule has 0 radical (unpaired) electrons. The van der Waals surface area contributed by atoms with Gasteiger partial charge in [0.05, 0.1) is 18.3 Å². The Hall–Kier alpha value is -1.79. The largest absolute Gasteiger partial charge is 0.497 e. The van der Waals surface area contributed by atoms with E-state index < -0.39 is 18.3 Å². The second-order valence-corrected chi connectivity index (χ2v) is 7.96. The predicted molar refractivity (Wildman–Crippen MR) is 104 cm³/mol. The van der Waals surface area contributed by atoms with Crippen LogP contribution >= 0.6 is 0 Å². The Morgan fingerprint density at radius 2 is 1.85 bits per heavy atom. The average molecular weight is 357 g/mol. The molecule has 0 bridgehead atoms. The first-order valence-corrected chi connectivity index (χ1v) is 9.28. The Balaban J connectivity index is 2.10. The molecule has 3 rings (SSSR count). The molecule has 0 aromatic heterocycles. The van der Waals surface area contributed by atoms with Crippen molar-refractivity contribution in [3.8, 4) is 5.75 Å². The zero-order valence-corrected chi connectivity index (χ0v) is 16.6. The topological polar surface area (TPSA) is 56.8 Å². The highest BCUT2D eigenvalue weighted by Crippen LogP contribution is 2.43. The fraction of sp³-hybridized carbons (Fsp3) is 0.550. The van der Waals surface area contributed by atoms with Crippen LogP contribution in [-0.4, -0.2) is 31.3 Å². The standard InChI is InChI=1S/C20H28BNO4/c1-7-8-9-15(21-25-19(2,3)20(4,5)26-21)17-14-12-13(24-6)10-11-16(14)22-18(17)23/h10-12H,7-9H2,1-6H3,(H,22,23)/b17-15-. The molecule has 2 aliphatic heterocycles. The van der Waals surface area contributed by atoms with Crippen LogP contribution in [0.25, 0.3) is 5.57 Å². The van der Waals surface area contributed by atoms with E-state index in [1.165, 1.54) is 0 Å². The molecular weight excluding hydrogens is 329 g/mol. The third kappa shape index (κ3) is 3.16. The minimum Gasteiger partial charge on any atom is -0.497 e. The van der Waals surface area contributed by atoms with Crippen LogP contribution < -0.4 is 10.1 Å². The van der Waals surface area contributed by atoms with Gasteiger partial charge in [0.1, 0.15) is 5.75 Å². The van der Waals surface area contributed by atoms with E-state index in [0.717, 1.165) is 41.7 Å². The van der Waals surface area contributed by atoms with Crippen LogP contribution in [0.2, 0.25) is 0 Å². The third-order valence-corrected chi connectivity index (χ3v) is 5.63. The van der Waals surface area contributed by atoms with Gasteiger partial charge in [-0.1, -0.05) is 19.8 Å². The van der Waals surface area contributed by atoms with Gasteiger partial charge >= 0.3 is 7.12 Å². The van der Waals surface area contributed by atoms with Crippen molar-refractivity contribution in [2.24, 2.45) is 0 Å². The van der Waals surface area contributed by atoms with Gasteiger partial charge in [0.2, 0.25) is 0 Å². The Bertz CT molecular complexity index is 738. The number of ether oxygens (including phenoxy) is 1. The highest BCUT2D eigenvalue weighted by molar-refractivity contribution is 6.59. The maximum Gasteiger partial charge on any atom is 0.491 e. The Morgan fingerprint density at radius 3 is 2.42 bits per heavy atom. The zero-order valence-electron chi connectivity index (χ0n) is 16.6. The number of fused-ring (bicyclic) bond motifs is 1. The van der Waals surface area contributed by atoms with Gasteiger partial charge in [-0.2, -0.15) is 0 Å². The molecule has 1 aromatic carbocycles. The summed E-state index contributed by atoms with van der Waals surface area (Å²) in [6.45, 7) is 10.3. The lowest BCUT2D eigenvalue weighted by Gasteiger charge is -2.32. The molecule has 1 saturated heterocycles. The second kappa shape index (κ2) is 6.74. The van der Waals surface area contributed by atoms with Gasteiger partial charge in [-0.3, -0.25) is 4.79 Å². The molecule has 5 nitrogen and oxygen atoms in total. The number of rotatable bonds is 5. The number of anilines is 1. The smallest absolute Gasteiger partial charge is 0.491 e. The number of benzene rings is 1. The van der Waals surface area contributed by atoms with Crippen molar-refractivity contribution in [2.75, 3.05) is 12.4 Å². The fourth-order valence-corrected chi connectivity index (χ4v) is 3.31. The summed E-state index contributed by atoms with van der Waals surface area (Å²) in [4.78, 5) is 12.8. The number of allylic oxidation sites excluding steroid dienone is 1. The first-order chi connectivity index (χ1) is 12.2. The summed E-state index contributed by atoms with van der Waals surface area (Å²) >= 11 is 0. The van der Waals surface area contributed by atoms with Crippen molar-refractivity contribution in [3.63, 3.8) is 0 Å². The first kappa shape index (κ1) is 19.0. The van der Waals surface area contributed by atoms with Crippen LogP contribution in [0.4, 0.5) is 5.69 Å². The Labute approximate surface area is 156 Å².